The molecule has 5 heteroatoms. The minimum atomic E-state index is 0.213. The Bertz CT molecular complexity index is 871. The molecule has 0 unspecified atom stereocenters. The Hall–Kier alpha value is -2.66. The van der Waals surface area contributed by atoms with E-state index in [0.29, 0.717) is 24.9 Å². The van der Waals surface area contributed by atoms with Crippen LogP contribution in [0.4, 0.5) is 5.69 Å². The number of hydrogen-bond acceptors (Lipinski definition) is 5. The van der Waals surface area contributed by atoms with Gasteiger partial charge < -0.3 is 14.6 Å². The van der Waals surface area contributed by atoms with Gasteiger partial charge in [0.05, 0.1) is 19.3 Å². The van der Waals surface area contributed by atoms with Gasteiger partial charge >= 0.3 is 0 Å². The molecule has 1 aromatic heterocycles. The van der Waals surface area contributed by atoms with Crippen molar-refractivity contribution in [3.63, 3.8) is 0 Å². The van der Waals surface area contributed by atoms with Crippen LogP contribution in [0, 0.1) is 13.8 Å². The normalized spacial score (nSPS) is 11.1. The molecule has 0 spiro atoms. The zero-order valence-corrected chi connectivity index (χ0v) is 15.7. The molecule has 0 atom stereocenters. The number of benzene rings is 2. The second kappa shape index (κ2) is 8.15. The van der Waals surface area contributed by atoms with Gasteiger partial charge in [0, 0.05) is 11.3 Å². The van der Waals surface area contributed by atoms with E-state index in [0.717, 1.165) is 16.8 Å². The Labute approximate surface area is 154 Å². The van der Waals surface area contributed by atoms with Gasteiger partial charge in [0.1, 0.15) is 0 Å². The molecule has 26 heavy (non-hydrogen) atoms. The molecule has 5 nitrogen and oxygen atoms in total. The first kappa shape index (κ1) is 18.1. The molecule has 3 aromatic rings. The van der Waals surface area contributed by atoms with Gasteiger partial charge in [-0.3, -0.25) is 0 Å². The van der Waals surface area contributed by atoms with Crippen LogP contribution >= 0.6 is 0 Å². The van der Waals surface area contributed by atoms with Gasteiger partial charge in [-0.15, -0.1) is 0 Å². The number of rotatable bonds is 7. The van der Waals surface area contributed by atoms with Gasteiger partial charge in [0.2, 0.25) is 0 Å². The number of aryl methyl sites for hydroxylation is 1. The monoisotopic (exact) mass is 351 g/mol. The first-order valence-corrected chi connectivity index (χ1v) is 8.87. The van der Waals surface area contributed by atoms with Crippen molar-refractivity contribution in [3.8, 4) is 11.5 Å². The van der Waals surface area contributed by atoms with Crippen LogP contribution in [0.3, 0.4) is 0 Å². The molecule has 0 bridgehead atoms. The first-order valence-electron chi connectivity index (χ1n) is 8.87. The summed E-state index contributed by atoms with van der Waals surface area (Å²) in [5.41, 5.74) is 5.49. The highest BCUT2D eigenvalue weighted by Crippen LogP contribution is 2.23. The van der Waals surface area contributed by atoms with Crippen molar-refractivity contribution in [2.24, 2.45) is 0 Å². The second-order valence-electron chi connectivity index (χ2n) is 6.63. The molecule has 0 aliphatic heterocycles. The van der Waals surface area contributed by atoms with Gasteiger partial charge in [-0.2, -0.15) is 4.98 Å². The maximum Gasteiger partial charge on any atom is 0.258 e. The first-order chi connectivity index (χ1) is 12.5. The Morgan fingerprint density at radius 3 is 2.65 bits per heavy atom. The summed E-state index contributed by atoms with van der Waals surface area (Å²) in [7, 11) is 0. The predicted octanol–water partition coefficient (Wildman–Crippen LogP) is 4.89. The number of nitrogens with one attached hydrogen (secondary N) is 1. The van der Waals surface area contributed by atoms with Crippen molar-refractivity contribution >= 4 is 5.69 Å². The predicted molar refractivity (Wildman–Crippen MR) is 103 cm³/mol. The van der Waals surface area contributed by atoms with Crippen molar-refractivity contribution in [2.45, 2.75) is 47.0 Å². The topological polar surface area (TPSA) is 60.2 Å². The quantitative estimate of drug-likeness (QED) is 0.657. The molecular formula is C21H25N3O2. The van der Waals surface area contributed by atoms with Gasteiger partial charge in [-0.25, -0.2) is 0 Å². The van der Waals surface area contributed by atoms with E-state index in [1.54, 1.807) is 0 Å². The molecular weight excluding hydrogens is 326 g/mol. The van der Waals surface area contributed by atoms with Crippen LogP contribution in [0.25, 0.3) is 11.5 Å². The molecule has 1 heterocycles. The molecule has 0 amide bonds. The summed E-state index contributed by atoms with van der Waals surface area (Å²) in [4.78, 5) is 4.50. The van der Waals surface area contributed by atoms with Crippen molar-refractivity contribution in [1.29, 1.82) is 0 Å². The summed E-state index contributed by atoms with van der Waals surface area (Å²) in [6, 6.07) is 14.2. The zero-order valence-electron chi connectivity index (χ0n) is 15.7. The molecule has 0 saturated carbocycles. The zero-order chi connectivity index (χ0) is 18.5. The van der Waals surface area contributed by atoms with Crippen LogP contribution in [-0.2, 0) is 17.9 Å². The lowest BCUT2D eigenvalue weighted by Gasteiger charge is -2.14. The van der Waals surface area contributed by atoms with Crippen LogP contribution in [0.1, 0.15) is 36.4 Å². The van der Waals surface area contributed by atoms with E-state index in [4.69, 9.17) is 9.26 Å². The molecule has 0 aliphatic carbocycles. The third-order valence-electron chi connectivity index (χ3n) is 4.30. The third-order valence-corrected chi connectivity index (χ3v) is 4.30. The van der Waals surface area contributed by atoms with Gasteiger partial charge in [0.15, 0.2) is 5.82 Å². The van der Waals surface area contributed by atoms with E-state index in [-0.39, 0.29) is 6.10 Å². The van der Waals surface area contributed by atoms with Crippen molar-refractivity contribution in [3.05, 3.63) is 65.0 Å². The second-order valence-corrected chi connectivity index (χ2v) is 6.63. The number of nitrogens with zero attached hydrogens (tertiary/aromatic N) is 2. The largest absolute Gasteiger partial charge is 0.377 e. The van der Waals surface area contributed by atoms with Crippen LogP contribution < -0.4 is 5.32 Å². The summed E-state index contributed by atoms with van der Waals surface area (Å²) in [6.45, 7) is 9.32. The molecule has 1 N–H and O–H groups in total. The van der Waals surface area contributed by atoms with Crippen LogP contribution in [0.15, 0.2) is 47.0 Å². The summed E-state index contributed by atoms with van der Waals surface area (Å²) < 4.78 is 11.1. The van der Waals surface area contributed by atoms with E-state index in [2.05, 4.69) is 34.5 Å². The molecule has 3 rings (SSSR count). The SMILES string of the molecule is Cc1ccccc1-c1nc(CNc2cccc(COC(C)C)c2C)no1. The van der Waals surface area contributed by atoms with E-state index in [1.807, 2.05) is 51.1 Å². The highest BCUT2D eigenvalue weighted by atomic mass is 16.5. The van der Waals surface area contributed by atoms with Crippen molar-refractivity contribution < 1.29 is 9.26 Å². The van der Waals surface area contributed by atoms with E-state index >= 15 is 0 Å². The molecule has 136 valence electrons. The van der Waals surface area contributed by atoms with Gasteiger partial charge in [-0.05, 0) is 56.5 Å². The minimum absolute atomic E-state index is 0.213. The van der Waals surface area contributed by atoms with Crippen LogP contribution in [-0.4, -0.2) is 16.2 Å². The summed E-state index contributed by atoms with van der Waals surface area (Å²) in [5, 5.41) is 7.48. The fraction of sp³-hybridized carbons (Fsp3) is 0.333. The highest BCUT2D eigenvalue weighted by Gasteiger charge is 2.11. The average molecular weight is 351 g/mol. The molecule has 0 fully saturated rings. The average Bonchev–Trinajstić information content (AvgIpc) is 3.09. The number of aromatic nitrogens is 2. The Balaban J connectivity index is 1.68. The Morgan fingerprint density at radius 2 is 1.88 bits per heavy atom. The highest BCUT2D eigenvalue weighted by molar-refractivity contribution is 5.58. The van der Waals surface area contributed by atoms with E-state index in [1.165, 1.54) is 11.1 Å². The molecule has 2 aromatic carbocycles. The van der Waals surface area contributed by atoms with Crippen LogP contribution in [0.2, 0.25) is 0 Å². The van der Waals surface area contributed by atoms with E-state index < -0.39 is 0 Å². The maximum absolute atomic E-state index is 5.72. The minimum Gasteiger partial charge on any atom is -0.377 e. The van der Waals surface area contributed by atoms with Gasteiger partial charge in [0.25, 0.3) is 5.89 Å². The Morgan fingerprint density at radius 1 is 1.08 bits per heavy atom. The standard InChI is InChI=1S/C21H25N3O2/c1-14(2)25-13-17-9-7-11-19(16(17)4)22-12-20-23-21(26-24-20)18-10-6-5-8-15(18)3/h5-11,14,22H,12-13H2,1-4H3. The third kappa shape index (κ3) is 4.29. The maximum atomic E-state index is 5.72. The van der Waals surface area contributed by atoms with Crippen molar-refractivity contribution in [2.75, 3.05) is 5.32 Å². The van der Waals surface area contributed by atoms with Crippen LogP contribution in [0.5, 0.6) is 0 Å². The number of ether oxygens (including phenoxy) is 1. The summed E-state index contributed by atoms with van der Waals surface area (Å²) in [6.07, 6.45) is 0.213. The lowest BCUT2D eigenvalue weighted by Crippen LogP contribution is -2.07. The summed E-state index contributed by atoms with van der Waals surface area (Å²) in [5.74, 6) is 1.18. The van der Waals surface area contributed by atoms with Crippen molar-refractivity contribution in [1.82, 2.24) is 10.1 Å². The fourth-order valence-corrected chi connectivity index (χ4v) is 2.71. The molecule has 0 radical (unpaired) electrons. The van der Waals surface area contributed by atoms with Gasteiger partial charge in [-0.1, -0.05) is 35.5 Å². The lowest BCUT2D eigenvalue weighted by atomic mass is 10.1. The lowest BCUT2D eigenvalue weighted by molar-refractivity contribution is 0.0654. The number of anilines is 1. The summed E-state index contributed by atoms with van der Waals surface area (Å²) >= 11 is 0. The molecule has 0 saturated heterocycles. The Kier molecular flexibility index (Phi) is 5.68. The number of hydrogen-bond donors (Lipinski definition) is 1. The molecule has 0 aliphatic rings. The van der Waals surface area contributed by atoms with E-state index in [9.17, 15) is 0 Å². The smallest absolute Gasteiger partial charge is 0.258 e. The fourth-order valence-electron chi connectivity index (χ4n) is 2.71.